The summed E-state index contributed by atoms with van der Waals surface area (Å²) in [7, 11) is 1.80. The van der Waals surface area contributed by atoms with Gasteiger partial charge in [0.05, 0.1) is 6.85 Å². The largest absolute Gasteiger partial charge is 0.485 e. The maximum atomic E-state index is 8.15. The minimum absolute atomic E-state index is 0. The van der Waals surface area contributed by atoms with Crippen LogP contribution in [0.2, 0.25) is 0 Å². The van der Waals surface area contributed by atoms with Crippen LogP contribution in [0.3, 0.4) is 0 Å². The molecule has 0 saturated carbocycles. The molecule has 2 aromatic rings. The van der Waals surface area contributed by atoms with Gasteiger partial charge in [0.25, 0.3) is 0 Å². The summed E-state index contributed by atoms with van der Waals surface area (Å²) >= 11 is 0. The van der Waals surface area contributed by atoms with Crippen LogP contribution < -0.4 is 10.1 Å². The summed E-state index contributed by atoms with van der Waals surface area (Å²) in [6, 6.07) is 5.98. The van der Waals surface area contributed by atoms with Gasteiger partial charge >= 0.3 is 0 Å². The molecule has 0 fully saturated rings. The van der Waals surface area contributed by atoms with Crippen LogP contribution in [0, 0.1) is 6.92 Å². The summed E-state index contributed by atoms with van der Waals surface area (Å²) in [5, 5.41) is 3.01. The zero-order valence-electron chi connectivity index (χ0n) is 16.6. The maximum absolute atomic E-state index is 8.15. The van der Waals surface area contributed by atoms with Gasteiger partial charge in [-0.25, -0.2) is 0 Å². The van der Waals surface area contributed by atoms with Crippen molar-refractivity contribution in [3.05, 3.63) is 65.6 Å². The number of ether oxygens (including phenoxy) is 1. The Morgan fingerprint density at radius 1 is 1.20 bits per heavy atom. The lowest BCUT2D eigenvalue weighted by molar-refractivity contribution is 0.193. The molecule has 0 saturated heterocycles. The minimum atomic E-state index is -0.632. The molecule has 0 radical (unpaired) electrons. The average Bonchev–Trinajstić information content (AvgIpc) is 2.58. The highest BCUT2D eigenvalue weighted by Gasteiger charge is 2.13. The van der Waals surface area contributed by atoms with Gasteiger partial charge in [-0.05, 0) is 37.7 Å². The van der Waals surface area contributed by atoms with Gasteiger partial charge in [0, 0.05) is 6.42 Å². The smallest absolute Gasteiger partial charge is 0.125 e. The molecule has 2 aromatic carbocycles. The average molecular weight is 297 g/mol. The molecule has 1 atom stereocenters. The Balaban J connectivity index is 0.00000312. The summed E-state index contributed by atoms with van der Waals surface area (Å²) in [6.07, 6.45) is -0.147. The van der Waals surface area contributed by atoms with Gasteiger partial charge in [-0.1, -0.05) is 48.4 Å². The number of rotatable bonds is 6. The van der Waals surface area contributed by atoms with Crippen LogP contribution in [0.1, 0.15) is 30.5 Å². The number of aryl methyl sites for hydroxylation is 1. The zero-order valence-corrected chi connectivity index (χ0v) is 12.4. The molecule has 0 amide bonds. The molecule has 3 heteroatoms. The predicted octanol–water partition coefficient (Wildman–Crippen LogP) is 4.15. The van der Waals surface area contributed by atoms with Crippen LogP contribution in [-0.4, -0.2) is 13.6 Å². The van der Waals surface area contributed by atoms with Crippen molar-refractivity contribution in [1.29, 1.82) is 0 Å². The standard InChI is InChI=1S/C17H21NO.ClH/c1-14-8-6-7-11-16(14)19-17(12-13-18-2)15-9-4-3-5-10-15;/h3-11,17-18H,12-13H2,1-2H3;1H/i3D,4D,5D,9D,10D;. The van der Waals surface area contributed by atoms with Gasteiger partial charge < -0.3 is 10.1 Å². The van der Waals surface area contributed by atoms with Crippen molar-refractivity contribution in [1.82, 2.24) is 5.32 Å². The molecule has 0 aliphatic heterocycles. The van der Waals surface area contributed by atoms with Gasteiger partial charge in [0.2, 0.25) is 0 Å². The molecule has 2 nitrogen and oxygen atoms in total. The normalized spacial score (nSPS) is 15.0. The first-order valence-electron chi connectivity index (χ1n) is 8.82. The second-order valence-corrected chi connectivity index (χ2v) is 4.30. The van der Waals surface area contributed by atoms with E-state index in [0.717, 1.165) is 5.56 Å². The van der Waals surface area contributed by atoms with Crippen LogP contribution >= 0.6 is 12.4 Å². The third-order valence-corrected chi connectivity index (χ3v) is 2.86. The molecule has 2 rings (SSSR count). The van der Waals surface area contributed by atoms with Gasteiger partial charge in [-0.15, -0.1) is 12.4 Å². The molecule has 0 aliphatic carbocycles. The molecule has 1 N–H and O–H groups in total. The number of nitrogens with one attached hydrogen (secondary N) is 1. The van der Waals surface area contributed by atoms with E-state index in [1.165, 1.54) is 0 Å². The second-order valence-electron chi connectivity index (χ2n) is 4.30. The van der Waals surface area contributed by atoms with Crippen LogP contribution in [0.5, 0.6) is 5.75 Å². The van der Waals surface area contributed by atoms with Gasteiger partial charge in [-0.3, -0.25) is 0 Å². The first-order valence-corrected chi connectivity index (χ1v) is 6.32. The minimum Gasteiger partial charge on any atom is -0.485 e. The van der Waals surface area contributed by atoms with E-state index in [-0.39, 0.29) is 42.1 Å². The fourth-order valence-electron chi connectivity index (χ4n) is 1.80. The topological polar surface area (TPSA) is 21.3 Å². The monoisotopic (exact) mass is 296 g/mol. The molecule has 0 aliphatic rings. The second kappa shape index (κ2) is 8.62. The molecule has 0 heterocycles. The Hall–Kier alpha value is -1.51. The maximum Gasteiger partial charge on any atom is 0.125 e. The van der Waals surface area contributed by atoms with Crippen molar-refractivity contribution in [3.8, 4) is 5.75 Å². The number of halogens is 1. The fraction of sp³-hybridized carbons (Fsp3) is 0.294. The highest BCUT2D eigenvalue weighted by molar-refractivity contribution is 5.85. The molecular formula is C17H22ClNO. The first-order chi connectivity index (χ1) is 11.4. The van der Waals surface area contributed by atoms with Crippen molar-refractivity contribution in [3.63, 3.8) is 0 Å². The van der Waals surface area contributed by atoms with Crippen molar-refractivity contribution < 1.29 is 11.6 Å². The lowest BCUT2D eigenvalue weighted by atomic mass is 10.1. The van der Waals surface area contributed by atoms with E-state index in [0.29, 0.717) is 18.7 Å². The molecule has 0 bridgehead atoms. The quantitative estimate of drug-likeness (QED) is 0.865. The SMILES string of the molecule is Cl.[2H]c1c([2H])c([2H])c(C(CCNC)Oc2ccccc2C)c([2H])c1[2H]. The van der Waals surface area contributed by atoms with Crippen LogP contribution in [0.4, 0.5) is 0 Å². The summed E-state index contributed by atoms with van der Waals surface area (Å²) in [6.45, 7) is 2.51. The van der Waals surface area contributed by atoms with E-state index in [1.54, 1.807) is 7.05 Å². The lowest BCUT2D eigenvalue weighted by Gasteiger charge is -2.20. The molecule has 108 valence electrons. The molecule has 0 aromatic heterocycles. The highest BCUT2D eigenvalue weighted by atomic mass is 35.5. The van der Waals surface area contributed by atoms with Crippen LogP contribution in [0.25, 0.3) is 0 Å². The van der Waals surface area contributed by atoms with E-state index >= 15 is 0 Å². The van der Waals surface area contributed by atoms with E-state index < -0.39 is 12.1 Å². The number of hydrogen-bond donors (Lipinski definition) is 1. The van der Waals surface area contributed by atoms with E-state index in [4.69, 9.17) is 11.6 Å². The van der Waals surface area contributed by atoms with Crippen LogP contribution in [0.15, 0.2) is 54.5 Å². The fourth-order valence-corrected chi connectivity index (χ4v) is 1.80. The van der Waals surface area contributed by atoms with E-state index in [1.807, 2.05) is 31.2 Å². The summed E-state index contributed by atoms with van der Waals surface area (Å²) in [5.74, 6) is 0.644. The Bertz CT molecular complexity index is 712. The zero-order chi connectivity index (χ0) is 17.9. The van der Waals surface area contributed by atoms with Crippen molar-refractivity contribution in [2.24, 2.45) is 0 Å². The summed E-state index contributed by atoms with van der Waals surface area (Å²) in [5.41, 5.74) is 1.12. The van der Waals surface area contributed by atoms with E-state index in [9.17, 15) is 0 Å². The first kappa shape index (κ1) is 10.3. The Labute approximate surface area is 134 Å². The lowest BCUT2D eigenvalue weighted by Crippen LogP contribution is -2.16. The Morgan fingerprint density at radius 2 is 1.90 bits per heavy atom. The van der Waals surface area contributed by atoms with E-state index in [2.05, 4.69) is 5.32 Å². The van der Waals surface area contributed by atoms with Gasteiger partial charge in [-0.2, -0.15) is 0 Å². The van der Waals surface area contributed by atoms with Gasteiger partial charge in [0.1, 0.15) is 11.9 Å². The van der Waals surface area contributed by atoms with Crippen LogP contribution in [-0.2, 0) is 0 Å². The summed E-state index contributed by atoms with van der Waals surface area (Å²) < 4.78 is 45.8. The number of benzene rings is 2. The Morgan fingerprint density at radius 3 is 2.55 bits per heavy atom. The molecule has 1 unspecified atom stereocenters. The Kier molecular flexibility index (Phi) is 4.42. The predicted molar refractivity (Wildman–Crippen MR) is 86.8 cm³/mol. The third kappa shape index (κ3) is 4.55. The number of hydrogen-bond acceptors (Lipinski definition) is 2. The molecule has 20 heavy (non-hydrogen) atoms. The molecular weight excluding hydrogens is 270 g/mol. The van der Waals surface area contributed by atoms with Crippen molar-refractivity contribution >= 4 is 12.4 Å². The van der Waals surface area contributed by atoms with Crippen molar-refractivity contribution in [2.75, 3.05) is 13.6 Å². The molecule has 0 spiro atoms. The highest BCUT2D eigenvalue weighted by Crippen LogP contribution is 2.26. The van der Waals surface area contributed by atoms with Gasteiger partial charge in [0.15, 0.2) is 0 Å². The van der Waals surface area contributed by atoms with Crippen molar-refractivity contribution in [2.45, 2.75) is 19.4 Å². The third-order valence-electron chi connectivity index (χ3n) is 2.86. The summed E-state index contributed by atoms with van der Waals surface area (Å²) in [4.78, 5) is 0. The number of para-hydroxylation sites is 1.